The van der Waals surface area contributed by atoms with E-state index in [0.717, 1.165) is 30.9 Å². The van der Waals surface area contributed by atoms with Gasteiger partial charge in [-0.3, -0.25) is 0 Å². The third-order valence-corrected chi connectivity index (χ3v) is 5.54. The van der Waals surface area contributed by atoms with Crippen LogP contribution >= 0.6 is 0 Å². The average Bonchev–Trinajstić information content (AvgIpc) is 3.18. The van der Waals surface area contributed by atoms with Crippen molar-refractivity contribution in [3.05, 3.63) is 23.8 Å². The van der Waals surface area contributed by atoms with E-state index in [4.69, 9.17) is 14.2 Å². The zero-order valence-electron chi connectivity index (χ0n) is 15.3. The minimum absolute atomic E-state index is 0.173. The summed E-state index contributed by atoms with van der Waals surface area (Å²) in [4.78, 5) is 14.7. The molecule has 0 aromatic heterocycles. The molecule has 1 saturated carbocycles. The van der Waals surface area contributed by atoms with Crippen molar-refractivity contribution < 1.29 is 19.0 Å². The minimum atomic E-state index is -0.460. The van der Waals surface area contributed by atoms with Crippen molar-refractivity contribution in [3.63, 3.8) is 0 Å². The number of likely N-dealkylation sites (tertiary alicyclic amines) is 1. The van der Waals surface area contributed by atoms with E-state index in [9.17, 15) is 4.79 Å². The summed E-state index contributed by atoms with van der Waals surface area (Å²) in [6.45, 7) is 6.86. The van der Waals surface area contributed by atoms with Gasteiger partial charge in [-0.2, -0.15) is 0 Å². The van der Waals surface area contributed by atoms with E-state index < -0.39 is 5.60 Å². The third kappa shape index (κ3) is 3.16. The van der Waals surface area contributed by atoms with Crippen LogP contribution in [0.5, 0.6) is 11.5 Å². The highest BCUT2D eigenvalue weighted by atomic mass is 16.7. The Morgan fingerprint density at radius 1 is 1.16 bits per heavy atom. The van der Waals surface area contributed by atoms with Crippen molar-refractivity contribution in [1.29, 1.82) is 0 Å². The first-order chi connectivity index (χ1) is 11.9. The first kappa shape index (κ1) is 16.6. The van der Waals surface area contributed by atoms with Gasteiger partial charge in [0.15, 0.2) is 11.5 Å². The quantitative estimate of drug-likeness (QED) is 0.761. The second-order valence-corrected chi connectivity index (χ2v) is 8.36. The number of amides is 1. The molecule has 0 radical (unpaired) electrons. The molecule has 136 valence electrons. The zero-order valence-corrected chi connectivity index (χ0v) is 15.3. The van der Waals surface area contributed by atoms with Crippen LogP contribution in [0.4, 0.5) is 4.79 Å². The van der Waals surface area contributed by atoms with Crippen LogP contribution in [0.2, 0.25) is 0 Å². The Kier molecular flexibility index (Phi) is 4.05. The summed E-state index contributed by atoms with van der Waals surface area (Å²) in [6.07, 6.45) is 4.41. The topological polar surface area (TPSA) is 48.0 Å². The van der Waals surface area contributed by atoms with Crippen molar-refractivity contribution in [3.8, 4) is 11.5 Å². The Hall–Kier alpha value is -1.91. The van der Waals surface area contributed by atoms with E-state index in [0.29, 0.717) is 18.6 Å². The van der Waals surface area contributed by atoms with Crippen molar-refractivity contribution >= 4 is 6.09 Å². The van der Waals surface area contributed by atoms with Gasteiger partial charge >= 0.3 is 6.09 Å². The Morgan fingerprint density at radius 3 is 2.76 bits per heavy atom. The maximum Gasteiger partial charge on any atom is 0.410 e. The van der Waals surface area contributed by atoms with Crippen LogP contribution in [-0.4, -0.2) is 36.0 Å². The first-order valence-corrected chi connectivity index (χ1v) is 9.31. The SMILES string of the molecule is CC(C)(C)OC(=O)N1CC[C@@H]2CCC[C@H](c3ccc4c(c3)OCO4)[C@@H]21. The van der Waals surface area contributed by atoms with Gasteiger partial charge in [-0.15, -0.1) is 0 Å². The second-order valence-electron chi connectivity index (χ2n) is 8.36. The monoisotopic (exact) mass is 345 g/mol. The molecule has 0 N–H and O–H groups in total. The van der Waals surface area contributed by atoms with Crippen molar-refractivity contribution in [1.82, 2.24) is 4.90 Å². The van der Waals surface area contributed by atoms with Crippen molar-refractivity contribution in [2.75, 3.05) is 13.3 Å². The predicted molar refractivity (Wildman–Crippen MR) is 94.0 cm³/mol. The smallest absolute Gasteiger partial charge is 0.410 e. The summed E-state index contributed by atoms with van der Waals surface area (Å²) in [5.74, 6) is 2.54. The largest absolute Gasteiger partial charge is 0.454 e. The molecule has 3 aliphatic rings. The van der Waals surface area contributed by atoms with Gasteiger partial charge in [-0.25, -0.2) is 4.79 Å². The molecule has 1 aliphatic carbocycles. The van der Waals surface area contributed by atoms with Gasteiger partial charge in [0.05, 0.1) is 0 Å². The molecule has 0 unspecified atom stereocenters. The van der Waals surface area contributed by atoms with Crippen LogP contribution in [0.1, 0.15) is 57.9 Å². The second kappa shape index (κ2) is 6.11. The fourth-order valence-electron chi connectivity index (χ4n) is 4.55. The highest BCUT2D eigenvalue weighted by molar-refractivity contribution is 5.69. The molecule has 5 nitrogen and oxygen atoms in total. The van der Waals surface area contributed by atoms with Crippen LogP contribution < -0.4 is 9.47 Å². The summed E-state index contributed by atoms with van der Waals surface area (Å²) < 4.78 is 16.7. The lowest BCUT2D eigenvalue weighted by atomic mass is 9.74. The maximum atomic E-state index is 12.7. The molecule has 2 aliphatic heterocycles. The number of ether oxygens (including phenoxy) is 3. The lowest BCUT2D eigenvalue weighted by molar-refractivity contribution is 0.0156. The Morgan fingerprint density at radius 2 is 1.96 bits per heavy atom. The standard InChI is InChI=1S/C20H27NO4/c1-20(2,3)25-19(22)21-10-9-13-5-4-6-15(18(13)21)14-7-8-16-17(11-14)24-12-23-16/h7-8,11,13,15,18H,4-6,9-10,12H2,1-3H3/t13-,15+,18+/m0/s1. The van der Waals surface area contributed by atoms with Gasteiger partial charge in [-0.05, 0) is 63.6 Å². The number of hydrogen-bond donors (Lipinski definition) is 0. The van der Waals surface area contributed by atoms with Gasteiger partial charge in [0.2, 0.25) is 6.79 Å². The normalized spacial score (nSPS) is 28.0. The molecule has 25 heavy (non-hydrogen) atoms. The van der Waals surface area contributed by atoms with Gasteiger partial charge in [0, 0.05) is 18.5 Å². The van der Waals surface area contributed by atoms with E-state index in [1.807, 2.05) is 31.7 Å². The lowest BCUT2D eigenvalue weighted by Gasteiger charge is -2.39. The number of nitrogens with zero attached hydrogens (tertiary/aromatic N) is 1. The van der Waals surface area contributed by atoms with Crippen LogP contribution in [0.15, 0.2) is 18.2 Å². The lowest BCUT2D eigenvalue weighted by Crippen LogP contribution is -2.45. The maximum absolute atomic E-state index is 12.7. The molecule has 1 aromatic carbocycles. The molecule has 2 heterocycles. The van der Waals surface area contributed by atoms with Crippen LogP contribution in [0.3, 0.4) is 0 Å². The molecule has 1 amide bonds. The molecule has 0 bridgehead atoms. The molecule has 2 fully saturated rings. The van der Waals surface area contributed by atoms with E-state index in [1.165, 1.54) is 18.4 Å². The molecule has 5 heteroatoms. The predicted octanol–water partition coefficient (Wildman–Crippen LogP) is 4.31. The number of carbonyl (C=O) groups excluding carboxylic acids is 1. The van der Waals surface area contributed by atoms with Gasteiger partial charge in [-0.1, -0.05) is 12.5 Å². The van der Waals surface area contributed by atoms with Crippen LogP contribution in [0, 0.1) is 5.92 Å². The van der Waals surface area contributed by atoms with Gasteiger partial charge in [0.1, 0.15) is 5.60 Å². The van der Waals surface area contributed by atoms with E-state index in [2.05, 4.69) is 12.1 Å². The van der Waals surface area contributed by atoms with Crippen molar-refractivity contribution in [2.24, 2.45) is 5.92 Å². The number of hydrogen-bond acceptors (Lipinski definition) is 4. The number of carbonyl (C=O) groups is 1. The van der Waals surface area contributed by atoms with Crippen LogP contribution in [-0.2, 0) is 4.74 Å². The summed E-state index contributed by atoms with van der Waals surface area (Å²) >= 11 is 0. The fourth-order valence-corrected chi connectivity index (χ4v) is 4.55. The van der Waals surface area contributed by atoms with Crippen LogP contribution in [0.25, 0.3) is 0 Å². The number of fused-ring (bicyclic) bond motifs is 2. The summed E-state index contributed by atoms with van der Waals surface area (Å²) in [5, 5.41) is 0. The summed E-state index contributed by atoms with van der Waals surface area (Å²) in [5.41, 5.74) is 0.785. The molecular formula is C20H27NO4. The number of rotatable bonds is 1. The Balaban J connectivity index is 1.60. The minimum Gasteiger partial charge on any atom is -0.454 e. The summed E-state index contributed by atoms with van der Waals surface area (Å²) in [7, 11) is 0. The third-order valence-electron chi connectivity index (χ3n) is 5.54. The average molecular weight is 345 g/mol. The molecule has 3 atom stereocenters. The molecule has 4 rings (SSSR count). The highest BCUT2D eigenvalue weighted by Crippen LogP contribution is 2.46. The van der Waals surface area contributed by atoms with E-state index in [1.54, 1.807) is 0 Å². The van der Waals surface area contributed by atoms with Crippen molar-refractivity contribution in [2.45, 2.75) is 64.0 Å². The number of benzene rings is 1. The molecule has 1 aromatic rings. The van der Waals surface area contributed by atoms with Gasteiger partial charge < -0.3 is 19.1 Å². The fraction of sp³-hybridized carbons (Fsp3) is 0.650. The Bertz CT molecular complexity index is 666. The zero-order chi connectivity index (χ0) is 17.6. The Labute approximate surface area is 149 Å². The molecule has 0 spiro atoms. The highest BCUT2D eigenvalue weighted by Gasteiger charge is 2.45. The van der Waals surface area contributed by atoms with E-state index in [-0.39, 0.29) is 12.1 Å². The molecular weight excluding hydrogens is 318 g/mol. The summed E-state index contributed by atoms with van der Waals surface area (Å²) in [6, 6.07) is 6.45. The van der Waals surface area contributed by atoms with E-state index >= 15 is 0 Å². The molecule has 1 saturated heterocycles. The van der Waals surface area contributed by atoms with Gasteiger partial charge in [0.25, 0.3) is 0 Å². The first-order valence-electron chi connectivity index (χ1n) is 9.31.